The van der Waals surface area contributed by atoms with Crippen molar-refractivity contribution in [3.05, 3.63) is 147 Å². The fourth-order valence-electron chi connectivity index (χ4n) is 9.00. The summed E-state index contributed by atoms with van der Waals surface area (Å²) in [5, 5.41) is 47.3. The van der Waals surface area contributed by atoms with Crippen LogP contribution in [0.25, 0.3) is 0 Å². The Morgan fingerprint density at radius 2 is 1.73 bits per heavy atom. The summed E-state index contributed by atoms with van der Waals surface area (Å²) < 4.78 is 20.6. The van der Waals surface area contributed by atoms with Crippen LogP contribution in [-0.4, -0.2) is 72.3 Å². The number of nitrogens with zero attached hydrogens (tertiary/aromatic N) is 5. The van der Waals surface area contributed by atoms with Crippen LogP contribution in [0, 0.1) is 38.0 Å². The number of oxime groups is 1. The molecule has 1 aliphatic heterocycles. The predicted octanol–water partition coefficient (Wildman–Crippen LogP) is 8.90. The molecule has 326 valence electrons. The van der Waals surface area contributed by atoms with E-state index in [-0.39, 0.29) is 60.8 Å². The van der Waals surface area contributed by atoms with E-state index in [0.29, 0.717) is 48.7 Å². The maximum atomic E-state index is 11.6. The molecule has 1 saturated carbocycles. The van der Waals surface area contributed by atoms with Crippen molar-refractivity contribution in [2.24, 2.45) is 22.9 Å². The number of nitro groups is 2. The number of ether oxygens (including phenoxy) is 3. The highest BCUT2D eigenvalue weighted by atomic mass is 32.2. The fraction of sp³-hybridized carbons (Fsp3) is 0.413. The van der Waals surface area contributed by atoms with Crippen LogP contribution in [0.4, 0.5) is 11.4 Å². The normalized spacial score (nSPS) is 23.0. The number of aryl methyl sites for hydroxylation is 1. The molecule has 7 rings (SSSR count). The highest BCUT2D eigenvalue weighted by Gasteiger charge is 2.64. The van der Waals surface area contributed by atoms with Crippen LogP contribution >= 0.6 is 11.8 Å². The molecular formula is C46H51N5O10S. The van der Waals surface area contributed by atoms with E-state index in [1.807, 2.05) is 12.1 Å². The fourth-order valence-corrected chi connectivity index (χ4v) is 10.4. The van der Waals surface area contributed by atoms with Gasteiger partial charge in [0.2, 0.25) is 5.79 Å². The molecule has 0 amide bonds. The number of hydrogen-bond donors (Lipinski definition) is 2. The Morgan fingerprint density at radius 3 is 2.45 bits per heavy atom. The van der Waals surface area contributed by atoms with Gasteiger partial charge in [0.05, 0.1) is 45.1 Å². The first-order valence-corrected chi connectivity index (χ1v) is 22.0. The van der Waals surface area contributed by atoms with Crippen molar-refractivity contribution in [3.8, 4) is 17.2 Å². The third-order valence-electron chi connectivity index (χ3n) is 11.7. The number of benzene rings is 3. The van der Waals surface area contributed by atoms with Gasteiger partial charge in [0.1, 0.15) is 23.9 Å². The summed E-state index contributed by atoms with van der Waals surface area (Å²) in [6.07, 6.45) is 14.6. The summed E-state index contributed by atoms with van der Waals surface area (Å²) in [7, 11) is 0. The Bertz CT molecular complexity index is 2240. The van der Waals surface area contributed by atoms with Crippen molar-refractivity contribution in [2.45, 2.75) is 74.9 Å². The van der Waals surface area contributed by atoms with Crippen molar-refractivity contribution in [3.63, 3.8) is 0 Å². The predicted molar refractivity (Wildman–Crippen MR) is 234 cm³/mol. The topological polar surface area (TPSA) is 202 Å². The number of unbranched alkanes of at least 4 members (excludes halogenated alkanes) is 2. The molecule has 0 radical (unpaired) electrons. The van der Waals surface area contributed by atoms with Crippen LogP contribution in [0.5, 0.6) is 17.2 Å². The van der Waals surface area contributed by atoms with Gasteiger partial charge >= 0.3 is 0 Å². The Morgan fingerprint density at radius 1 is 0.952 bits per heavy atom. The lowest BCUT2D eigenvalue weighted by Crippen LogP contribution is -2.64. The van der Waals surface area contributed by atoms with Crippen LogP contribution in [0.2, 0.25) is 0 Å². The maximum absolute atomic E-state index is 11.6. The van der Waals surface area contributed by atoms with Crippen LogP contribution in [-0.2, 0) is 22.6 Å². The number of aliphatic hydroxyl groups excluding tert-OH is 2. The quantitative estimate of drug-likeness (QED) is 0.0329. The number of thioether (sulfide) groups is 1. The lowest BCUT2D eigenvalue weighted by Gasteiger charge is -2.58. The van der Waals surface area contributed by atoms with Crippen molar-refractivity contribution in [1.82, 2.24) is 9.97 Å². The molecule has 0 unspecified atom stereocenters. The van der Waals surface area contributed by atoms with Crippen molar-refractivity contribution in [1.29, 1.82) is 0 Å². The molecular weight excluding hydrogens is 815 g/mol. The zero-order valence-corrected chi connectivity index (χ0v) is 35.1. The van der Waals surface area contributed by atoms with Gasteiger partial charge in [0, 0.05) is 74.3 Å². The molecule has 6 atom stereocenters. The largest absolute Gasteiger partial charge is 0.460 e. The minimum atomic E-state index is -1.20. The van der Waals surface area contributed by atoms with E-state index in [1.54, 1.807) is 66.8 Å². The second-order valence-electron chi connectivity index (χ2n) is 15.6. The van der Waals surface area contributed by atoms with E-state index in [2.05, 4.69) is 22.6 Å². The smallest absolute Gasteiger partial charge is 0.273 e. The molecule has 3 aromatic carbocycles. The molecule has 15 nitrogen and oxygen atoms in total. The Labute approximate surface area is 364 Å². The highest BCUT2D eigenvalue weighted by molar-refractivity contribution is 8.00. The van der Waals surface area contributed by atoms with Crippen molar-refractivity contribution >= 4 is 28.8 Å². The monoisotopic (exact) mass is 865 g/mol. The summed E-state index contributed by atoms with van der Waals surface area (Å²) in [5.41, 5.74) is 4.07. The van der Waals surface area contributed by atoms with Crippen LogP contribution < -0.4 is 9.47 Å². The third kappa shape index (κ3) is 10.2. The van der Waals surface area contributed by atoms with Gasteiger partial charge in [0.25, 0.3) is 11.4 Å². The molecule has 16 heteroatoms. The summed E-state index contributed by atoms with van der Waals surface area (Å²) in [5.74, 6) is 0.394. The van der Waals surface area contributed by atoms with Gasteiger partial charge in [-0.05, 0) is 90.8 Å². The molecule has 2 N–H and O–H groups in total. The standard InChI is InChI=1S/C46H51N5O10S/c1-2-23-58-46-43(62-24-18-33-29-47-19-20-48-33)28-41(49-59-30-31-12-14-34(15-13-31)50(54)55)39-25-32(8-3-5-21-52)38(11-4-6-22-53)44(45(39)46)40-27-37(16-17-42(40)61-46)60-36-10-7-9-35(26-36)51(56)57/h2,7,9-10,12-17,19-20,25-27,29,32,38,43-45,52-53H,1,3-6,8,11,18,21-24,28,30H2/t32-,38+,43-,44+,45+,46+/m0/s1. The van der Waals surface area contributed by atoms with Gasteiger partial charge in [-0.3, -0.25) is 30.2 Å². The van der Waals surface area contributed by atoms with E-state index in [9.17, 15) is 30.4 Å². The first-order chi connectivity index (χ1) is 30.2. The number of nitro benzene ring substituents is 2. The van der Waals surface area contributed by atoms with Gasteiger partial charge in [-0.25, -0.2) is 0 Å². The van der Waals surface area contributed by atoms with E-state index in [4.69, 9.17) is 24.2 Å². The number of non-ortho nitro benzene ring substituents is 2. The minimum Gasteiger partial charge on any atom is -0.460 e. The summed E-state index contributed by atoms with van der Waals surface area (Å²) in [6, 6.07) is 17.9. The zero-order chi connectivity index (χ0) is 43.5. The average molecular weight is 866 g/mol. The lowest BCUT2D eigenvalue weighted by molar-refractivity contribution is -0.385. The van der Waals surface area contributed by atoms with E-state index < -0.39 is 21.6 Å². The number of allylic oxidation sites excluding steroid dienone is 1. The Kier molecular flexibility index (Phi) is 15.0. The second kappa shape index (κ2) is 20.9. The minimum absolute atomic E-state index is 0.0139. The molecule has 3 aliphatic rings. The van der Waals surface area contributed by atoms with E-state index >= 15 is 0 Å². The van der Waals surface area contributed by atoms with Crippen LogP contribution in [0.15, 0.2) is 115 Å². The SMILES string of the molecule is C=CCO[C@@]12Oc3ccc(Oc4cccc([N+](=O)[O-])c4)cc3[C@H]3[C@H](CCCCO)[C@@H](CCCCO)C=C(C(=NOCc4ccc([N+](=O)[O-])cc4)C[C@@H]1SCCc1cnccn1)[C@H]32. The molecule has 1 aromatic heterocycles. The van der Waals surface area contributed by atoms with Crippen LogP contribution in [0.1, 0.15) is 67.7 Å². The van der Waals surface area contributed by atoms with Gasteiger partial charge < -0.3 is 29.3 Å². The maximum Gasteiger partial charge on any atom is 0.273 e. The lowest BCUT2D eigenvalue weighted by atomic mass is 9.56. The first kappa shape index (κ1) is 44.4. The molecule has 1 fully saturated rings. The van der Waals surface area contributed by atoms with Crippen molar-refractivity contribution < 1.29 is 39.1 Å². The molecule has 62 heavy (non-hydrogen) atoms. The number of aromatic nitrogens is 2. The van der Waals surface area contributed by atoms with E-state index in [0.717, 1.165) is 53.8 Å². The van der Waals surface area contributed by atoms with Crippen molar-refractivity contribution in [2.75, 3.05) is 25.6 Å². The van der Waals surface area contributed by atoms with Crippen LogP contribution in [0.3, 0.4) is 0 Å². The third-order valence-corrected chi connectivity index (χ3v) is 13.1. The summed E-state index contributed by atoms with van der Waals surface area (Å²) >= 11 is 1.71. The average Bonchev–Trinajstić information content (AvgIpc) is 3.28. The molecule has 4 aromatic rings. The number of rotatable bonds is 22. The van der Waals surface area contributed by atoms with Gasteiger partial charge in [-0.2, -0.15) is 11.8 Å². The molecule has 0 spiro atoms. The first-order valence-electron chi connectivity index (χ1n) is 21.0. The number of aliphatic hydroxyl groups is 2. The summed E-state index contributed by atoms with van der Waals surface area (Å²) in [6.45, 7) is 4.45. The summed E-state index contributed by atoms with van der Waals surface area (Å²) in [4.78, 5) is 36.9. The Balaban J connectivity index is 1.35. The van der Waals surface area contributed by atoms with Gasteiger partial charge in [-0.15, -0.1) is 6.58 Å². The van der Waals surface area contributed by atoms with Gasteiger partial charge in [0.15, 0.2) is 0 Å². The Hall–Kier alpha value is -5.68. The van der Waals surface area contributed by atoms with Gasteiger partial charge in [-0.1, -0.05) is 36.2 Å². The molecule has 0 saturated heterocycles. The molecule has 2 aliphatic carbocycles. The molecule has 2 heterocycles. The second-order valence-corrected chi connectivity index (χ2v) is 16.9. The number of fused-ring (bicyclic) bond motifs is 2. The zero-order valence-electron chi connectivity index (χ0n) is 34.3. The molecule has 0 bridgehead atoms. The highest BCUT2D eigenvalue weighted by Crippen LogP contribution is 2.62. The number of hydrogen-bond acceptors (Lipinski definition) is 14. The van der Waals surface area contributed by atoms with E-state index in [1.165, 1.54) is 24.3 Å².